The number of nitrogens with one attached hydrogen (secondary N) is 1. The lowest BCUT2D eigenvalue weighted by Crippen LogP contribution is -2.04. The van der Waals surface area contributed by atoms with Crippen molar-refractivity contribution < 1.29 is 4.79 Å². The summed E-state index contributed by atoms with van der Waals surface area (Å²) >= 11 is 0. The number of rotatable bonds is 2. The van der Waals surface area contributed by atoms with Crippen LogP contribution in [0.2, 0.25) is 0 Å². The van der Waals surface area contributed by atoms with E-state index in [1.807, 2.05) is 30.3 Å². The molecule has 4 rings (SSSR count). The van der Waals surface area contributed by atoms with Crippen LogP contribution in [-0.4, -0.2) is 10.5 Å². The van der Waals surface area contributed by atoms with E-state index in [4.69, 9.17) is 0 Å². The first-order valence-corrected chi connectivity index (χ1v) is 8.85. The maximum Gasteiger partial charge on any atom is 0.256 e. The van der Waals surface area contributed by atoms with Gasteiger partial charge in [0.05, 0.1) is 0 Å². The molecule has 2 aromatic carbocycles. The van der Waals surface area contributed by atoms with Crippen LogP contribution in [-0.2, 0) is 4.79 Å². The molecule has 3 aromatic rings. The summed E-state index contributed by atoms with van der Waals surface area (Å²) in [6.07, 6.45) is 2.01. The molecule has 3 nitrogen and oxygen atoms in total. The molecule has 0 aliphatic carbocycles. The Morgan fingerprint density at radius 1 is 0.962 bits per heavy atom. The molecular formula is C23H22N2O. The van der Waals surface area contributed by atoms with Crippen molar-refractivity contribution in [3.05, 3.63) is 82.2 Å². The second kappa shape index (κ2) is 6.03. The fraction of sp³-hybridized carbons (Fsp3) is 0.174. The minimum atomic E-state index is -0.0391. The Labute approximate surface area is 154 Å². The van der Waals surface area contributed by atoms with E-state index >= 15 is 0 Å². The summed E-state index contributed by atoms with van der Waals surface area (Å²) in [6, 6.07) is 16.4. The lowest BCUT2D eigenvalue weighted by molar-refractivity contribution is -0.110. The second-order valence-electron chi connectivity index (χ2n) is 6.94. The zero-order valence-corrected chi connectivity index (χ0v) is 15.6. The highest BCUT2D eigenvalue weighted by molar-refractivity contribution is 6.34. The van der Waals surface area contributed by atoms with Gasteiger partial charge in [0.15, 0.2) is 0 Å². The third kappa shape index (κ3) is 2.48. The highest BCUT2D eigenvalue weighted by Gasteiger charge is 2.24. The Morgan fingerprint density at radius 2 is 1.73 bits per heavy atom. The molecule has 0 atom stereocenters. The first-order valence-electron chi connectivity index (χ1n) is 8.85. The number of anilines is 1. The summed E-state index contributed by atoms with van der Waals surface area (Å²) in [5, 5.41) is 2.94. The van der Waals surface area contributed by atoms with Gasteiger partial charge in [-0.25, -0.2) is 0 Å². The number of hydrogen-bond donors (Lipinski definition) is 1. The van der Waals surface area contributed by atoms with Crippen LogP contribution in [0.3, 0.4) is 0 Å². The molecule has 0 fully saturated rings. The number of amides is 1. The highest BCUT2D eigenvalue weighted by atomic mass is 16.2. The number of benzene rings is 2. The number of aromatic nitrogens is 1. The molecule has 1 amide bonds. The predicted molar refractivity (Wildman–Crippen MR) is 108 cm³/mol. The average Bonchev–Trinajstić information content (AvgIpc) is 3.08. The van der Waals surface area contributed by atoms with Crippen molar-refractivity contribution in [2.24, 2.45) is 0 Å². The van der Waals surface area contributed by atoms with E-state index < -0.39 is 0 Å². The summed E-state index contributed by atoms with van der Waals surface area (Å²) in [7, 11) is 0. The molecule has 0 spiro atoms. The molecule has 0 saturated heterocycles. The first kappa shape index (κ1) is 16.4. The maximum atomic E-state index is 12.4. The Hall–Kier alpha value is -3.07. The molecular weight excluding hydrogens is 320 g/mol. The van der Waals surface area contributed by atoms with Crippen LogP contribution >= 0.6 is 0 Å². The topological polar surface area (TPSA) is 34.0 Å². The number of fused-ring (bicyclic) bond motifs is 1. The van der Waals surface area contributed by atoms with E-state index in [1.165, 1.54) is 16.8 Å². The zero-order chi connectivity index (χ0) is 18.4. The third-order valence-electron chi connectivity index (χ3n) is 5.30. The van der Waals surface area contributed by atoms with Crippen molar-refractivity contribution in [3.63, 3.8) is 0 Å². The molecule has 0 saturated carbocycles. The predicted octanol–water partition coefficient (Wildman–Crippen LogP) is 5.20. The van der Waals surface area contributed by atoms with Gasteiger partial charge < -0.3 is 9.88 Å². The number of carbonyl (C=O) groups excluding carboxylic acids is 1. The Morgan fingerprint density at radius 3 is 2.54 bits per heavy atom. The van der Waals surface area contributed by atoms with Gasteiger partial charge in [0.2, 0.25) is 0 Å². The van der Waals surface area contributed by atoms with Crippen molar-refractivity contribution in [1.82, 2.24) is 4.57 Å². The summed E-state index contributed by atoms with van der Waals surface area (Å²) in [6.45, 7) is 8.51. The number of para-hydroxylation sites is 1. The molecule has 3 heteroatoms. The monoisotopic (exact) mass is 342 g/mol. The van der Waals surface area contributed by atoms with Crippen molar-refractivity contribution in [1.29, 1.82) is 0 Å². The van der Waals surface area contributed by atoms with Crippen molar-refractivity contribution in [2.45, 2.75) is 27.7 Å². The average molecular weight is 342 g/mol. The molecule has 1 aromatic heterocycles. The van der Waals surface area contributed by atoms with Crippen LogP contribution in [0.25, 0.3) is 17.3 Å². The van der Waals surface area contributed by atoms with Gasteiger partial charge >= 0.3 is 0 Å². The standard InChI is InChI=1S/C23H22N2O/c1-14-8-7-11-22(16(14)3)25-15(2)12-18(17(25)4)13-20-19-9-5-6-10-21(19)24-23(20)26/h5-13H,1-4H3,(H,24,26)/b20-13+. The molecule has 0 bridgehead atoms. The Bertz CT molecular complexity index is 1070. The van der Waals surface area contributed by atoms with E-state index in [0.29, 0.717) is 0 Å². The lowest BCUT2D eigenvalue weighted by Gasteiger charge is -2.14. The fourth-order valence-corrected chi connectivity index (χ4v) is 3.72. The summed E-state index contributed by atoms with van der Waals surface area (Å²) in [5.74, 6) is -0.0391. The van der Waals surface area contributed by atoms with Crippen molar-refractivity contribution >= 4 is 23.2 Å². The SMILES string of the molecule is Cc1cccc(-n2c(C)cc(/C=C3/C(=O)Nc4ccccc43)c2C)c1C. The summed E-state index contributed by atoms with van der Waals surface area (Å²) in [5.41, 5.74) is 9.70. The van der Waals surface area contributed by atoms with Gasteiger partial charge in [-0.15, -0.1) is 0 Å². The van der Waals surface area contributed by atoms with Crippen LogP contribution < -0.4 is 5.32 Å². The highest BCUT2D eigenvalue weighted by Crippen LogP contribution is 2.34. The minimum absolute atomic E-state index is 0.0391. The fourth-order valence-electron chi connectivity index (χ4n) is 3.72. The van der Waals surface area contributed by atoms with E-state index in [2.05, 4.69) is 61.8 Å². The molecule has 0 radical (unpaired) electrons. The molecule has 130 valence electrons. The van der Waals surface area contributed by atoms with Crippen LogP contribution in [0.5, 0.6) is 0 Å². The maximum absolute atomic E-state index is 12.4. The Balaban J connectivity index is 1.86. The smallest absolute Gasteiger partial charge is 0.256 e. The Kier molecular flexibility index (Phi) is 3.80. The first-order chi connectivity index (χ1) is 12.5. The van der Waals surface area contributed by atoms with Gasteiger partial charge in [-0.3, -0.25) is 4.79 Å². The normalized spacial score (nSPS) is 14.6. The van der Waals surface area contributed by atoms with Gasteiger partial charge in [0.25, 0.3) is 5.91 Å². The van der Waals surface area contributed by atoms with Crippen LogP contribution in [0, 0.1) is 27.7 Å². The number of hydrogen-bond acceptors (Lipinski definition) is 1. The third-order valence-corrected chi connectivity index (χ3v) is 5.30. The number of carbonyl (C=O) groups is 1. The van der Waals surface area contributed by atoms with E-state index in [9.17, 15) is 4.79 Å². The van der Waals surface area contributed by atoms with E-state index in [-0.39, 0.29) is 5.91 Å². The second-order valence-corrected chi connectivity index (χ2v) is 6.94. The molecule has 26 heavy (non-hydrogen) atoms. The van der Waals surface area contributed by atoms with Crippen LogP contribution in [0.15, 0.2) is 48.5 Å². The summed E-state index contributed by atoms with van der Waals surface area (Å²) < 4.78 is 2.27. The van der Waals surface area contributed by atoms with Crippen molar-refractivity contribution in [2.75, 3.05) is 5.32 Å². The molecule has 1 N–H and O–H groups in total. The minimum Gasteiger partial charge on any atom is -0.321 e. The quantitative estimate of drug-likeness (QED) is 0.638. The molecule has 0 unspecified atom stereocenters. The van der Waals surface area contributed by atoms with Gasteiger partial charge in [-0.1, -0.05) is 30.3 Å². The van der Waals surface area contributed by atoms with Crippen LogP contribution in [0.1, 0.15) is 33.6 Å². The number of nitrogens with zero attached hydrogens (tertiary/aromatic N) is 1. The van der Waals surface area contributed by atoms with Gasteiger partial charge in [-0.2, -0.15) is 0 Å². The molecule has 1 aliphatic rings. The van der Waals surface area contributed by atoms with Gasteiger partial charge in [-0.05, 0) is 68.7 Å². The molecule has 2 heterocycles. The largest absolute Gasteiger partial charge is 0.321 e. The van der Waals surface area contributed by atoms with Gasteiger partial charge in [0, 0.05) is 33.9 Å². The lowest BCUT2D eigenvalue weighted by atomic mass is 10.0. The summed E-state index contributed by atoms with van der Waals surface area (Å²) in [4.78, 5) is 12.4. The van der Waals surface area contributed by atoms with Crippen molar-refractivity contribution in [3.8, 4) is 5.69 Å². The van der Waals surface area contributed by atoms with E-state index in [0.717, 1.165) is 33.8 Å². The molecule has 1 aliphatic heterocycles. The zero-order valence-electron chi connectivity index (χ0n) is 15.6. The number of aryl methyl sites for hydroxylation is 2. The van der Waals surface area contributed by atoms with Crippen LogP contribution in [0.4, 0.5) is 5.69 Å². The van der Waals surface area contributed by atoms with E-state index in [1.54, 1.807) is 0 Å². The van der Waals surface area contributed by atoms with Gasteiger partial charge in [0.1, 0.15) is 0 Å².